The molecule has 0 bridgehead atoms. The van der Waals surface area contributed by atoms with Crippen molar-refractivity contribution in [3.63, 3.8) is 0 Å². The Hall–Kier alpha value is -2.20. The maximum Gasteiger partial charge on any atom is 0.340 e. The molecule has 3 rings (SSSR count). The summed E-state index contributed by atoms with van der Waals surface area (Å²) in [6.45, 7) is 3.05. The lowest BCUT2D eigenvalue weighted by atomic mass is 9.90. The van der Waals surface area contributed by atoms with Gasteiger partial charge in [0.2, 0.25) is 0 Å². The van der Waals surface area contributed by atoms with Crippen LogP contribution in [0.2, 0.25) is 0 Å². The van der Waals surface area contributed by atoms with Gasteiger partial charge in [-0.2, -0.15) is 0 Å². The second kappa shape index (κ2) is 6.06. The highest BCUT2D eigenvalue weighted by molar-refractivity contribution is 5.90. The number of hydrogen-bond acceptors (Lipinski definition) is 4. The van der Waals surface area contributed by atoms with Gasteiger partial charge in [0, 0.05) is 12.7 Å². The molecule has 1 aliphatic heterocycles. The number of esters is 1. The van der Waals surface area contributed by atoms with Crippen molar-refractivity contribution in [3.05, 3.63) is 65.0 Å². The molecule has 0 radical (unpaired) electrons. The number of carbonyl (C=O) groups excluding carboxylic acids is 1. The SMILES string of the molecule is CCOC(=O)c1cccnc1C1NCCc2ccccc21. The normalized spacial score (nSPS) is 17.1. The van der Waals surface area contributed by atoms with Gasteiger partial charge in [0.1, 0.15) is 0 Å². The first-order valence-electron chi connectivity index (χ1n) is 7.24. The summed E-state index contributed by atoms with van der Waals surface area (Å²) < 4.78 is 5.14. The molecule has 1 N–H and O–H groups in total. The molecule has 2 aromatic rings. The van der Waals surface area contributed by atoms with Crippen molar-refractivity contribution < 1.29 is 9.53 Å². The van der Waals surface area contributed by atoms with Crippen LogP contribution in [0.25, 0.3) is 0 Å². The van der Waals surface area contributed by atoms with E-state index in [2.05, 4.69) is 22.4 Å². The Balaban J connectivity index is 2.04. The summed E-state index contributed by atoms with van der Waals surface area (Å²) in [4.78, 5) is 16.6. The Morgan fingerprint density at radius 3 is 3.05 bits per heavy atom. The van der Waals surface area contributed by atoms with E-state index in [1.165, 1.54) is 11.1 Å². The molecule has 2 heterocycles. The average Bonchev–Trinajstić information content (AvgIpc) is 2.54. The topological polar surface area (TPSA) is 51.2 Å². The van der Waals surface area contributed by atoms with Crippen LogP contribution in [0, 0.1) is 0 Å². The highest BCUT2D eigenvalue weighted by Crippen LogP contribution is 2.29. The molecular weight excluding hydrogens is 264 g/mol. The standard InChI is InChI=1S/C17H18N2O2/c1-2-21-17(20)14-8-5-10-18-16(14)15-13-7-4-3-6-12(13)9-11-19-15/h3-8,10,15,19H,2,9,11H2,1H3. The molecule has 4 nitrogen and oxygen atoms in total. The maximum atomic E-state index is 12.1. The van der Waals surface area contributed by atoms with E-state index in [4.69, 9.17) is 4.74 Å². The third kappa shape index (κ3) is 2.67. The summed E-state index contributed by atoms with van der Waals surface area (Å²) in [6, 6.07) is 11.8. The van der Waals surface area contributed by atoms with Crippen molar-refractivity contribution in [2.24, 2.45) is 0 Å². The molecular formula is C17H18N2O2. The van der Waals surface area contributed by atoms with Gasteiger partial charge in [0.25, 0.3) is 0 Å². The van der Waals surface area contributed by atoms with E-state index in [-0.39, 0.29) is 12.0 Å². The number of ether oxygens (including phenoxy) is 1. The Labute approximate surface area is 124 Å². The van der Waals surface area contributed by atoms with Crippen LogP contribution in [0.3, 0.4) is 0 Å². The van der Waals surface area contributed by atoms with Gasteiger partial charge in [-0.15, -0.1) is 0 Å². The Morgan fingerprint density at radius 2 is 2.19 bits per heavy atom. The van der Waals surface area contributed by atoms with E-state index < -0.39 is 0 Å². The number of aromatic nitrogens is 1. The average molecular weight is 282 g/mol. The molecule has 0 fully saturated rings. The third-order valence-corrected chi connectivity index (χ3v) is 3.72. The van der Waals surface area contributed by atoms with Gasteiger partial charge in [-0.1, -0.05) is 24.3 Å². The number of pyridine rings is 1. The second-order valence-electron chi connectivity index (χ2n) is 4.99. The van der Waals surface area contributed by atoms with Crippen molar-refractivity contribution in [2.75, 3.05) is 13.2 Å². The minimum atomic E-state index is -0.314. The van der Waals surface area contributed by atoms with Crippen LogP contribution in [-0.4, -0.2) is 24.1 Å². The molecule has 1 atom stereocenters. The minimum absolute atomic E-state index is 0.0597. The predicted octanol–water partition coefficient (Wildman–Crippen LogP) is 2.49. The second-order valence-corrected chi connectivity index (χ2v) is 4.99. The highest BCUT2D eigenvalue weighted by atomic mass is 16.5. The molecule has 1 aliphatic rings. The van der Waals surface area contributed by atoms with Gasteiger partial charge in [-0.05, 0) is 36.6 Å². The Bertz CT molecular complexity index is 655. The predicted molar refractivity (Wildman–Crippen MR) is 80.2 cm³/mol. The number of nitrogens with one attached hydrogen (secondary N) is 1. The minimum Gasteiger partial charge on any atom is -0.462 e. The summed E-state index contributed by atoms with van der Waals surface area (Å²) in [6.07, 6.45) is 2.71. The maximum absolute atomic E-state index is 12.1. The van der Waals surface area contributed by atoms with Crippen LogP contribution in [0.5, 0.6) is 0 Å². The van der Waals surface area contributed by atoms with Crippen LogP contribution in [0.15, 0.2) is 42.6 Å². The largest absolute Gasteiger partial charge is 0.462 e. The third-order valence-electron chi connectivity index (χ3n) is 3.72. The van der Waals surface area contributed by atoms with Crippen LogP contribution >= 0.6 is 0 Å². The summed E-state index contributed by atoms with van der Waals surface area (Å²) in [5.74, 6) is -0.314. The van der Waals surface area contributed by atoms with Gasteiger partial charge >= 0.3 is 5.97 Å². The van der Waals surface area contributed by atoms with Gasteiger partial charge < -0.3 is 10.1 Å². The van der Waals surface area contributed by atoms with Crippen LogP contribution in [-0.2, 0) is 11.2 Å². The van der Waals surface area contributed by atoms with E-state index in [1.54, 1.807) is 18.3 Å². The Morgan fingerprint density at radius 1 is 1.33 bits per heavy atom. The van der Waals surface area contributed by atoms with Crippen molar-refractivity contribution in [1.82, 2.24) is 10.3 Å². The molecule has 0 spiro atoms. The number of rotatable bonds is 3. The molecule has 0 saturated heterocycles. The number of carbonyl (C=O) groups is 1. The summed E-state index contributed by atoms with van der Waals surface area (Å²) >= 11 is 0. The first kappa shape index (κ1) is 13.8. The van der Waals surface area contributed by atoms with Gasteiger partial charge in [-0.25, -0.2) is 4.79 Å². The van der Waals surface area contributed by atoms with Crippen LogP contribution in [0.4, 0.5) is 0 Å². The number of hydrogen-bond donors (Lipinski definition) is 1. The molecule has 0 aliphatic carbocycles. The fourth-order valence-corrected chi connectivity index (χ4v) is 2.78. The summed E-state index contributed by atoms with van der Waals surface area (Å²) in [5.41, 5.74) is 3.77. The van der Waals surface area contributed by atoms with E-state index >= 15 is 0 Å². The van der Waals surface area contributed by atoms with Crippen molar-refractivity contribution in [2.45, 2.75) is 19.4 Å². The molecule has 108 valence electrons. The van der Waals surface area contributed by atoms with E-state index in [9.17, 15) is 4.79 Å². The molecule has 0 amide bonds. The molecule has 21 heavy (non-hydrogen) atoms. The lowest BCUT2D eigenvalue weighted by molar-refractivity contribution is 0.0523. The fraction of sp³-hybridized carbons (Fsp3) is 0.294. The first-order valence-corrected chi connectivity index (χ1v) is 7.24. The van der Waals surface area contributed by atoms with Crippen molar-refractivity contribution in [3.8, 4) is 0 Å². The van der Waals surface area contributed by atoms with Gasteiger partial charge in [0.05, 0.1) is 23.9 Å². The number of nitrogens with zero attached hydrogens (tertiary/aromatic N) is 1. The van der Waals surface area contributed by atoms with Crippen molar-refractivity contribution in [1.29, 1.82) is 0 Å². The molecule has 0 saturated carbocycles. The fourth-order valence-electron chi connectivity index (χ4n) is 2.78. The lowest BCUT2D eigenvalue weighted by Gasteiger charge is -2.27. The van der Waals surface area contributed by atoms with E-state index in [1.807, 2.05) is 19.1 Å². The zero-order chi connectivity index (χ0) is 14.7. The van der Waals surface area contributed by atoms with Gasteiger partial charge in [-0.3, -0.25) is 4.98 Å². The summed E-state index contributed by atoms with van der Waals surface area (Å²) in [5, 5.41) is 3.46. The molecule has 1 aromatic carbocycles. The van der Waals surface area contributed by atoms with Crippen molar-refractivity contribution >= 4 is 5.97 Å². The highest BCUT2D eigenvalue weighted by Gasteiger charge is 2.26. The Kier molecular flexibility index (Phi) is 3.97. The monoisotopic (exact) mass is 282 g/mol. The smallest absolute Gasteiger partial charge is 0.340 e. The number of fused-ring (bicyclic) bond motifs is 1. The molecule has 4 heteroatoms. The zero-order valence-corrected chi connectivity index (χ0v) is 12.0. The van der Waals surface area contributed by atoms with E-state index in [0.717, 1.165) is 18.7 Å². The van der Waals surface area contributed by atoms with Crippen LogP contribution in [0.1, 0.15) is 40.1 Å². The molecule has 1 unspecified atom stereocenters. The van der Waals surface area contributed by atoms with E-state index in [0.29, 0.717) is 12.2 Å². The summed E-state index contributed by atoms with van der Waals surface area (Å²) in [7, 11) is 0. The first-order chi connectivity index (χ1) is 10.3. The quantitative estimate of drug-likeness (QED) is 0.879. The van der Waals surface area contributed by atoms with Gasteiger partial charge in [0.15, 0.2) is 0 Å². The van der Waals surface area contributed by atoms with Crippen LogP contribution < -0.4 is 5.32 Å². The lowest BCUT2D eigenvalue weighted by Crippen LogP contribution is -2.32. The number of benzene rings is 1. The molecule has 1 aromatic heterocycles. The zero-order valence-electron chi connectivity index (χ0n) is 12.0.